The smallest absolute Gasteiger partial charge is 0.234 e. The highest BCUT2D eigenvalue weighted by Gasteiger charge is 2.29. The third-order valence-electron chi connectivity index (χ3n) is 8.37. The molecule has 1 atom stereocenters. The Morgan fingerprint density at radius 1 is 0.878 bits per heavy atom. The predicted molar refractivity (Wildman–Crippen MR) is 165 cm³/mol. The first-order valence-electron chi connectivity index (χ1n) is 15.0. The summed E-state index contributed by atoms with van der Waals surface area (Å²) in [4.78, 5) is 18.0. The van der Waals surface area contributed by atoms with Crippen molar-refractivity contribution in [2.45, 2.75) is 44.7 Å². The van der Waals surface area contributed by atoms with Gasteiger partial charge in [0.2, 0.25) is 5.91 Å². The van der Waals surface area contributed by atoms with Crippen molar-refractivity contribution in [1.82, 2.24) is 15.1 Å². The van der Waals surface area contributed by atoms with Gasteiger partial charge in [-0.2, -0.15) is 0 Å². The molecule has 1 fully saturated rings. The molecule has 7 nitrogen and oxygen atoms in total. The molecule has 0 spiro atoms. The minimum atomic E-state index is 0.0469. The number of likely N-dealkylation sites (tertiary alicyclic amines) is 1. The molecule has 3 aromatic carbocycles. The maximum atomic E-state index is 13.1. The Labute approximate surface area is 244 Å². The average molecular weight is 557 g/mol. The highest BCUT2D eigenvalue weighted by Crippen LogP contribution is 2.36. The maximum absolute atomic E-state index is 13.1. The Morgan fingerprint density at radius 3 is 2.46 bits per heavy atom. The largest absolute Gasteiger partial charge is 0.493 e. The van der Waals surface area contributed by atoms with Crippen molar-refractivity contribution >= 4 is 11.6 Å². The van der Waals surface area contributed by atoms with Crippen molar-refractivity contribution in [3.63, 3.8) is 0 Å². The molecule has 2 heterocycles. The number of piperidine rings is 1. The van der Waals surface area contributed by atoms with Gasteiger partial charge in [0, 0.05) is 37.9 Å². The quantitative estimate of drug-likeness (QED) is 0.325. The predicted octanol–water partition coefficient (Wildman–Crippen LogP) is 5.06. The maximum Gasteiger partial charge on any atom is 0.234 e. The third-order valence-corrected chi connectivity index (χ3v) is 8.37. The second-order valence-electron chi connectivity index (χ2n) is 11.1. The lowest BCUT2D eigenvalue weighted by Gasteiger charge is -2.37. The lowest BCUT2D eigenvalue weighted by molar-refractivity contribution is -0.123. The summed E-state index contributed by atoms with van der Waals surface area (Å²) >= 11 is 0. The molecule has 0 aromatic heterocycles. The van der Waals surface area contributed by atoms with Gasteiger partial charge in [0.1, 0.15) is 0 Å². The average Bonchev–Trinajstić information content (AvgIpc) is 3.02. The molecule has 0 radical (unpaired) electrons. The Balaban J connectivity index is 1.30. The molecule has 218 valence electrons. The van der Waals surface area contributed by atoms with Crippen LogP contribution in [0.3, 0.4) is 0 Å². The number of fused-ring (bicyclic) bond motifs is 1. The van der Waals surface area contributed by atoms with E-state index in [9.17, 15) is 4.79 Å². The fourth-order valence-electron chi connectivity index (χ4n) is 6.11. The molecule has 2 N–H and O–H groups in total. The number of anilines is 1. The third kappa shape index (κ3) is 7.80. The SMILES string of the molecule is COc1ccc(CC2c3ccc(NCCN4CCCCC4)cc3CCN2CC(=O)NCc2ccccc2)cc1OC. The summed E-state index contributed by atoms with van der Waals surface area (Å²) in [6.07, 6.45) is 5.71. The van der Waals surface area contributed by atoms with Crippen molar-refractivity contribution in [2.75, 3.05) is 58.8 Å². The minimum Gasteiger partial charge on any atom is -0.493 e. The van der Waals surface area contributed by atoms with Crippen LogP contribution >= 0.6 is 0 Å². The second kappa shape index (κ2) is 14.4. The van der Waals surface area contributed by atoms with Gasteiger partial charge in [-0.15, -0.1) is 0 Å². The van der Waals surface area contributed by atoms with Gasteiger partial charge >= 0.3 is 0 Å². The van der Waals surface area contributed by atoms with E-state index in [0.717, 1.165) is 55.1 Å². The fourth-order valence-corrected chi connectivity index (χ4v) is 6.11. The van der Waals surface area contributed by atoms with Crippen LogP contribution in [-0.4, -0.2) is 69.2 Å². The number of benzene rings is 3. The Kier molecular flexibility index (Phi) is 10.2. The molecule has 2 aliphatic rings. The number of carbonyl (C=O) groups is 1. The second-order valence-corrected chi connectivity index (χ2v) is 11.1. The Hall–Kier alpha value is -3.55. The number of hydrogen-bond acceptors (Lipinski definition) is 6. The Morgan fingerprint density at radius 2 is 1.68 bits per heavy atom. The molecule has 0 saturated carbocycles. The number of amides is 1. The van der Waals surface area contributed by atoms with Gasteiger partial charge in [0.05, 0.1) is 20.8 Å². The molecular weight excluding hydrogens is 512 g/mol. The minimum absolute atomic E-state index is 0.0469. The zero-order valence-corrected chi connectivity index (χ0v) is 24.5. The topological polar surface area (TPSA) is 66.1 Å². The monoisotopic (exact) mass is 556 g/mol. The van der Waals surface area contributed by atoms with Crippen LogP contribution in [-0.2, 0) is 24.2 Å². The molecule has 7 heteroatoms. The van der Waals surface area contributed by atoms with E-state index in [1.165, 1.54) is 49.2 Å². The molecule has 41 heavy (non-hydrogen) atoms. The van der Waals surface area contributed by atoms with Crippen molar-refractivity contribution in [1.29, 1.82) is 0 Å². The van der Waals surface area contributed by atoms with E-state index in [-0.39, 0.29) is 11.9 Å². The van der Waals surface area contributed by atoms with Gasteiger partial charge < -0.3 is 25.0 Å². The van der Waals surface area contributed by atoms with Crippen LogP contribution in [0.1, 0.15) is 47.6 Å². The van der Waals surface area contributed by atoms with Crippen molar-refractivity contribution in [3.8, 4) is 11.5 Å². The van der Waals surface area contributed by atoms with E-state index in [1.807, 2.05) is 36.4 Å². The lowest BCUT2D eigenvalue weighted by atomic mass is 9.88. The van der Waals surface area contributed by atoms with Crippen molar-refractivity contribution < 1.29 is 14.3 Å². The van der Waals surface area contributed by atoms with Gasteiger partial charge in [-0.05, 0) is 85.3 Å². The molecule has 1 amide bonds. The van der Waals surface area contributed by atoms with Gasteiger partial charge in [0.15, 0.2) is 11.5 Å². The summed E-state index contributed by atoms with van der Waals surface area (Å²) in [5.41, 5.74) is 6.09. The summed E-state index contributed by atoms with van der Waals surface area (Å²) < 4.78 is 11.0. The number of nitrogens with zero attached hydrogens (tertiary/aromatic N) is 2. The van der Waals surface area contributed by atoms with Crippen LogP contribution in [0.2, 0.25) is 0 Å². The van der Waals surface area contributed by atoms with Gasteiger partial charge in [-0.25, -0.2) is 0 Å². The first-order valence-corrected chi connectivity index (χ1v) is 15.0. The van der Waals surface area contributed by atoms with Crippen LogP contribution in [0, 0.1) is 0 Å². The summed E-state index contributed by atoms with van der Waals surface area (Å²) in [5.74, 6) is 1.49. The molecule has 1 unspecified atom stereocenters. The highest BCUT2D eigenvalue weighted by atomic mass is 16.5. The van der Waals surface area contributed by atoms with Crippen LogP contribution in [0.25, 0.3) is 0 Å². The molecule has 1 saturated heterocycles. The molecular formula is C34H44N4O3. The zero-order chi connectivity index (χ0) is 28.4. The van der Waals surface area contributed by atoms with Crippen molar-refractivity contribution in [2.24, 2.45) is 0 Å². The van der Waals surface area contributed by atoms with E-state index < -0.39 is 0 Å². The summed E-state index contributed by atoms with van der Waals surface area (Å²) in [7, 11) is 3.32. The summed E-state index contributed by atoms with van der Waals surface area (Å²) in [5, 5.41) is 6.78. The van der Waals surface area contributed by atoms with Crippen LogP contribution < -0.4 is 20.1 Å². The van der Waals surface area contributed by atoms with E-state index >= 15 is 0 Å². The summed E-state index contributed by atoms with van der Waals surface area (Å²) in [6, 6.07) is 23.0. The van der Waals surface area contributed by atoms with E-state index in [4.69, 9.17) is 9.47 Å². The van der Waals surface area contributed by atoms with Crippen LogP contribution in [0.5, 0.6) is 11.5 Å². The van der Waals surface area contributed by atoms with E-state index in [2.05, 4.69) is 50.8 Å². The Bertz CT molecular complexity index is 1280. The number of nitrogens with one attached hydrogen (secondary N) is 2. The van der Waals surface area contributed by atoms with E-state index in [1.54, 1.807) is 14.2 Å². The van der Waals surface area contributed by atoms with Gasteiger partial charge in [0.25, 0.3) is 0 Å². The highest BCUT2D eigenvalue weighted by molar-refractivity contribution is 5.78. The number of rotatable bonds is 12. The molecule has 2 aliphatic heterocycles. The van der Waals surface area contributed by atoms with E-state index in [0.29, 0.717) is 13.1 Å². The van der Waals surface area contributed by atoms with Gasteiger partial charge in [-0.3, -0.25) is 9.69 Å². The number of ether oxygens (including phenoxy) is 2. The summed E-state index contributed by atoms with van der Waals surface area (Å²) in [6.45, 7) is 6.22. The first kappa shape index (κ1) is 29.0. The van der Waals surface area contributed by atoms with Crippen molar-refractivity contribution in [3.05, 3.63) is 89.0 Å². The number of carbonyl (C=O) groups excluding carboxylic acids is 1. The lowest BCUT2D eigenvalue weighted by Crippen LogP contribution is -2.43. The van der Waals surface area contributed by atoms with Crippen LogP contribution in [0.4, 0.5) is 5.69 Å². The normalized spacial score (nSPS) is 17.5. The molecule has 0 aliphatic carbocycles. The number of hydrogen-bond donors (Lipinski definition) is 2. The standard InChI is InChI=1S/C34H44N4O3/c1-40-32-14-11-27(22-33(32)41-2)21-31-30-13-12-29(35-16-20-37-17-7-4-8-18-37)23-28(30)15-19-38(31)25-34(39)36-24-26-9-5-3-6-10-26/h3,5-6,9-14,22-23,31,35H,4,7-8,15-21,24-25H2,1-2H3,(H,36,39). The molecule has 3 aromatic rings. The van der Waals surface area contributed by atoms with Crippen LogP contribution in [0.15, 0.2) is 66.7 Å². The molecule has 5 rings (SSSR count). The first-order chi connectivity index (χ1) is 20.1. The molecule has 0 bridgehead atoms. The fraction of sp³-hybridized carbons (Fsp3) is 0.441. The zero-order valence-electron chi connectivity index (χ0n) is 24.5. The van der Waals surface area contributed by atoms with Gasteiger partial charge in [-0.1, -0.05) is 48.9 Å². The number of methoxy groups -OCH3 is 2.